The second-order valence-electron chi connectivity index (χ2n) is 17.8. The molecule has 4 aromatic carbocycles. The van der Waals surface area contributed by atoms with Crippen molar-refractivity contribution in [2.45, 2.75) is 91.8 Å². The summed E-state index contributed by atoms with van der Waals surface area (Å²) in [6.45, 7) is 15.8. The summed E-state index contributed by atoms with van der Waals surface area (Å²) in [5, 5.41) is 3.73. The van der Waals surface area contributed by atoms with Crippen molar-refractivity contribution < 1.29 is 24.5 Å². The second-order valence-corrected chi connectivity index (χ2v) is 22.8. The van der Waals surface area contributed by atoms with E-state index in [4.69, 9.17) is 14.4 Å². The van der Waals surface area contributed by atoms with Crippen LogP contribution in [0.1, 0.15) is 74.4 Å². The fourth-order valence-electron chi connectivity index (χ4n) is 8.71. The van der Waals surface area contributed by atoms with E-state index in [1.54, 1.807) is 0 Å². The van der Waals surface area contributed by atoms with Crippen molar-refractivity contribution in [3.05, 3.63) is 156 Å². The van der Waals surface area contributed by atoms with Crippen LogP contribution in [0.5, 0.6) is 0 Å². The molecule has 4 aromatic heterocycles. The number of furan rings is 1. The van der Waals surface area contributed by atoms with E-state index in [0.29, 0.717) is 11.8 Å². The summed E-state index contributed by atoms with van der Waals surface area (Å²) >= 11 is 0. The van der Waals surface area contributed by atoms with Crippen LogP contribution >= 0.6 is 0 Å². The second kappa shape index (κ2) is 18.7. The Labute approximate surface area is 371 Å². The topological polar surface area (TPSA) is 51.8 Å². The minimum atomic E-state index is -1.41. The van der Waals surface area contributed by atoms with E-state index >= 15 is 0 Å². The van der Waals surface area contributed by atoms with Crippen LogP contribution in [0.15, 0.2) is 126 Å². The third kappa shape index (κ3) is 9.79. The molecule has 4 nitrogen and oxygen atoms in total. The summed E-state index contributed by atoms with van der Waals surface area (Å²) in [6.07, 6.45) is 11.8. The van der Waals surface area contributed by atoms with Crippen molar-refractivity contribution in [3.63, 3.8) is 0 Å². The summed E-state index contributed by atoms with van der Waals surface area (Å²) in [6, 6.07) is 45.2. The summed E-state index contributed by atoms with van der Waals surface area (Å²) in [5.41, 5.74) is 15.4. The summed E-state index contributed by atoms with van der Waals surface area (Å²) in [4.78, 5) is 14.0. The van der Waals surface area contributed by atoms with E-state index in [1.807, 2.05) is 32.2 Å². The van der Waals surface area contributed by atoms with Crippen molar-refractivity contribution in [1.82, 2.24) is 15.0 Å². The molecule has 4 heterocycles. The summed E-state index contributed by atoms with van der Waals surface area (Å²) in [5.74, 6) is 1.29. The van der Waals surface area contributed by atoms with Crippen LogP contribution in [-0.2, 0) is 26.5 Å². The predicted molar refractivity (Wildman–Crippen MR) is 250 cm³/mol. The maximum atomic E-state index is 6.41. The first-order valence-electron chi connectivity index (χ1n) is 21.4. The van der Waals surface area contributed by atoms with Gasteiger partial charge in [-0.25, -0.2) is 0 Å². The molecule has 1 aliphatic carbocycles. The molecule has 8 aromatic rings. The number of hydrogen-bond donors (Lipinski definition) is 0. The zero-order valence-electron chi connectivity index (χ0n) is 36.0. The molecular formula is C54H55IrN3OSi-2. The number of hydrogen-bond acceptors (Lipinski definition) is 4. The smallest absolute Gasteiger partial charge is 0.121 e. The Kier molecular flexibility index (Phi) is 13.4. The van der Waals surface area contributed by atoms with Gasteiger partial charge in [-0.15, -0.1) is 48.0 Å². The molecule has 0 atom stereocenters. The third-order valence-electron chi connectivity index (χ3n) is 11.6. The molecule has 1 saturated carbocycles. The van der Waals surface area contributed by atoms with E-state index in [1.165, 1.54) is 65.1 Å². The molecule has 0 N–H and O–H groups in total. The Morgan fingerprint density at radius 1 is 0.717 bits per heavy atom. The minimum absolute atomic E-state index is 0. The zero-order valence-corrected chi connectivity index (χ0v) is 39.4. The Hall–Kier alpha value is -5.00. The van der Waals surface area contributed by atoms with Crippen LogP contribution < -0.4 is 5.19 Å². The first-order chi connectivity index (χ1) is 28.5. The molecular weight excluding hydrogens is 927 g/mol. The largest absolute Gasteiger partial charge is 0.501 e. The van der Waals surface area contributed by atoms with Gasteiger partial charge in [-0.3, -0.25) is 4.98 Å². The molecule has 1 aliphatic rings. The standard InChI is InChI=1S/C29H24NO.C25H31N2Si.Ir/c1-3-8-20(9-4-1)22-14-15-24-25-12-7-13-26(29(25)31-28(24)19-22)27-18-23(16-17-30-27)21-10-5-2-6-11-21;1-17(2)12-23-15-24(26-16-25(23)28(5,6)7)21-10-8-20(9-11-21)22-13-18(3)27-19(4)14-22;/h1,3-4,7-9,12,14-19,21H,2,5-6,10-11H2;8-10,13-17H,12H2,1-7H3;/q2*-1;. The molecule has 0 saturated heterocycles. The Morgan fingerprint density at radius 3 is 2.17 bits per heavy atom. The van der Waals surface area contributed by atoms with E-state index in [0.717, 1.165) is 67.8 Å². The van der Waals surface area contributed by atoms with Gasteiger partial charge in [-0.1, -0.05) is 141 Å². The quantitative estimate of drug-likeness (QED) is 0.112. The van der Waals surface area contributed by atoms with Gasteiger partial charge in [0, 0.05) is 49.3 Å². The van der Waals surface area contributed by atoms with Gasteiger partial charge in [-0.2, -0.15) is 0 Å². The SMILES string of the molecule is Cc1cc(-c2c[c-]c(-c3cc(CC(C)C)c([Si](C)(C)C)cn3)cc2)cc(C)n1.[Ir].[c-]1ccc2c(oc3cc(-c4ccccc4)ccc32)c1-c1cc(C2CCCCC2)ccn1. The van der Waals surface area contributed by atoms with E-state index in [9.17, 15) is 0 Å². The molecule has 0 bridgehead atoms. The fraction of sp³-hybridized carbons (Fsp3) is 0.278. The molecule has 1 fully saturated rings. The molecule has 0 aliphatic heterocycles. The van der Waals surface area contributed by atoms with Gasteiger partial charge >= 0.3 is 0 Å². The Bertz CT molecular complexity index is 2690. The maximum absolute atomic E-state index is 6.41. The summed E-state index contributed by atoms with van der Waals surface area (Å²) < 4.78 is 6.41. The number of aromatic nitrogens is 3. The van der Waals surface area contributed by atoms with Gasteiger partial charge in [0.1, 0.15) is 5.58 Å². The van der Waals surface area contributed by atoms with Gasteiger partial charge in [0.05, 0.1) is 13.7 Å². The monoisotopic (exact) mass is 982 g/mol. The van der Waals surface area contributed by atoms with Crippen molar-refractivity contribution >= 4 is 35.2 Å². The van der Waals surface area contributed by atoms with Crippen LogP contribution in [0.3, 0.4) is 0 Å². The molecule has 0 unspecified atom stereocenters. The molecule has 0 amide bonds. The molecule has 60 heavy (non-hydrogen) atoms. The third-order valence-corrected chi connectivity index (χ3v) is 13.7. The molecule has 6 heteroatoms. The fourth-order valence-corrected chi connectivity index (χ4v) is 10.3. The van der Waals surface area contributed by atoms with E-state index < -0.39 is 8.07 Å². The van der Waals surface area contributed by atoms with Crippen molar-refractivity contribution in [2.75, 3.05) is 0 Å². The van der Waals surface area contributed by atoms with E-state index in [2.05, 4.69) is 154 Å². The number of aryl methyl sites for hydroxylation is 2. The zero-order chi connectivity index (χ0) is 41.1. The molecule has 307 valence electrons. The normalized spacial score (nSPS) is 13.3. The molecule has 9 rings (SSSR count). The van der Waals surface area contributed by atoms with Gasteiger partial charge in [0.2, 0.25) is 0 Å². The van der Waals surface area contributed by atoms with Crippen molar-refractivity contribution in [1.29, 1.82) is 0 Å². The van der Waals surface area contributed by atoms with Gasteiger partial charge in [-0.05, 0) is 96.9 Å². The van der Waals surface area contributed by atoms with Crippen LogP contribution in [0.25, 0.3) is 66.7 Å². The van der Waals surface area contributed by atoms with Gasteiger partial charge < -0.3 is 14.4 Å². The number of rotatable bonds is 8. The van der Waals surface area contributed by atoms with Crippen LogP contribution in [-0.4, -0.2) is 23.0 Å². The molecule has 1 radical (unpaired) electrons. The molecule has 0 spiro atoms. The summed E-state index contributed by atoms with van der Waals surface area (Å²) in [7, 11) is -1.41. The maximum Gasteiger partial charge on any atom is 0.121 e. The van der Waals surface area contributed by atoms with Crippen molar-refractivity contribution in [2.24, 2.45) is 5.92 Å². The van der Waals surface area contributed by atoms with Crippen molar-refractivity contribution in [3.8, 4) is 44.8 Å². The average Bonchev–Trinajstić information content (AvgIpc) is 3.62. The van der Waals surface area contributed by atoms with Crippen LogP contribution in [0, 0.1) is 31.9 Å². The predicted octanol–water partition coefficient (Wildman–Crippen LogP) is 14.1. The number of benzene rings is 4. The Morgan fingerprint density at radius 2 is 1.47 bits per heavy atom. The number of pyridine rings is 3. The van der Waals surface area contributed by atoms with E-state index in [-0.39, 0.29) is 20.1 Å². The van der Waals surface area contributed by atoms with Crippen LogP contribution in [0.2, 0.25) is 19.6 Å². The van der Waals surface area contributed by atoms with Crippen LogP contribution in [0.4, 0.5) is 0 Å². The number of nitrogens with zero attached hydrogens (tertiary/aromatic N) is 3. The van der Waals surface area contributed by atoms with Gasteiger partial charge in [0.15, 0.2) is 0 Å². The first-order valence-corrected chi connectivity index (χ1v) is 24.9. The first kappa shape index (κ1) is 43.1. The average molecular weight is 982 g/mol. The number of fused-ring (bicyclic) bond motifs is 3. The van der Waals surface area contributed by atoms with Gasteiger partial charge in [0.25, 0.3) is 0 Å². The minimum Gasteiger partial charge on any atom is -0.501 e. The Balaban J connectivity index is 0.000000180.